The predicted octanol–water partition coefficient (Wildman–Crippen LogP) is -0.322. The fourth-order valence-electron chi connectivity index (χ4n) is 2.08. The van der Waals surface area contributed by atoms with Crippen LogP contribution in [0.5, 0.6) is 0 Å². The summed E-state index contributed by atoms with van der Waals surface area (Å²) in [6, 6.07) is 0. The normalized spacial score (nSPS) is 9.68. The Morgan fingerprint density at radius 1 is 0.760 bits per heavy atom. The van der Waals surface area contributed by atoms with E-state index < -0.39 is 0 Å². The number of rotatable bonds is 12. The molecule has 0 unspecified atom stereocenters. The average molecular weight is 352 g/mol. The lowest BCUT2D eigenvalue weighted by molar-refractivity contribution is -0.130. The first-order valence-electron chi connectivity index (χ1n) is 8.13. The van der Waals surface area contributed by atoms with Crippen LogP contribution >= 0.6 is 0 Å². The summed E-state index contributed by atoms with van der Waals surface area (Å²) in [5.74, 6) is -0.762. The molecule has 0 aliphatic carbocycles. The Hall–Kier alpha value is -2.64. The van der Waals surface area contributed by atoms with Crippen molar-refractivity contribution < 1.29 is 19.2 Å². The molecule has 0 saturated carbocycles. The first-order valence-corrected chi connectivity index (χ1v) is 8.13. The van der Waals surface area contributed by atoms with Crippen molar-refractivity contribution in [2.75, 3.05) is 39.3 Å². The number of carbonyl (C=O) groups excluding carboxylic acids is 4. The summed E-state index contributed by atoms with van der Waals surface area (Å²) >= 11 is 0. The Morgan fingerprint density at radius 2 is 1.12 bits per heavy atom. The fourth-order valence-corrected chi connectivity index (χ4v) is 2.08. The van der Waals surface area contributed by atoms with Crippen LogP contribution in [0.1, 0.15) is 20.3 Å². The standard InChI is InChI=1S/C17H28N4O4/c1-5-16(24)18-8-12-20(14(3)22)10-7-11-21(15(4)23)13-9-19-17(25)6-2/h5-6H,1-2,7-13H2,3-4H3,(H,18,24)(H,19,25). The molecule has 0 atom stereocenters. The molecular weight excluding hydrogens is 324 g/mol. The van der Waals surface area contributed by atoms with E-state index in [1.165, 1.54) is 26.0 Å². The van der Waals surface area contributed by atoms with Gasteiger partial charge in [0, 0.05) is 53.1 Å². The number of amides is 4. The summed E-state index contributed by atoms with van der Waals surface area (Å²) in [6.45, 7) is 12.1. The van der Waals surface area contributed by atoms with Crippen LogP contribution in [0.25, 0.3) is 0 Å². The van der Waals surface area contributed by atoms with Crippen LogP contribution in [-0.2, 0) is 19.2 Å². The molecule has 4 amide bonds. The van der Waals surface area contributed by atoms with Gasteiger partial charge in [0.2, 0.25) is 23.6 Å². The van der Waals surface area contributed by atoms with Crippen molar-refractivity contribution in [2.45, 2.75) is 20.3 Å². The molecule has 0 rings (SSSR count). The van der Waals surface area contributed by atoms with E-state index in [-0.39, 0.29) is 23.6 Å². The van der Waals surface area contributed by atoms with Crippen molar-refractivity contribution in [3.63, 3.8) is 0 Å². The maximum absolute atomic E-state index is 11.6. The van der Waals surface area contributed by atoms with Gasteiger partial charge in [0.15, 0.2) is 0 Å². The maximum Gasteiger partial charge on any atom is 0.243 e. The zero-order valence-corrected chi connectivity index (χ0v) is 15.0. The monoisotopic (exact) mass is 352 g/mol. The molecule has 0 bridgehead atoms. The van der Waals surface area contributed by atoms with Crippen molar-refractivity contribution in [1.29, 1.82) is 0 Å². The third-order valence-electron chi connectivity index (χ3n) is 3.48. The van der Waals surface area contributed by atoms with Crippen molar-refractivity contribution >= 4 is 23.6 Å². The largest absolute Gasteiger partial charge is 0.351 e. The molecule has 8 heteroatoms. The van der Waals surface area contributed by atoms with E-state index in [9.17, 15) is 19.2 Å². The van der Waals surface area contributed by atoms with E-state index in [0.717, 1.165) is 0 Å². The highest BCUT2D eigenvalue weighted by atomic mass is 16.2. The molecule has 0 aliphatic rings. The quantitative estimate of drug-likeness (QED) is 0.470. The predicted molar refractivity (Wildman–Crippen MR) is 95.5 cm³/mol. The molecule has 2 N–H and O–H groups in total. The molecule has 0 fully saturated rings. The maximum atomic E-state index is 11.6. The van der Waals surface area contributed by atoms with E-state index in [2.05, 4.69) is 23.8 Å². The highest BCUT2D eigenvalue weighted by molar-refractivity contribution is 5.87. The van der Waals surface area contributed by atoms with Gasteiger partial charge in [-0.15, -0.1) is 0 Å². The fraction of sp³-hybridized carbons (Fsp3) is 0.529. The molecule has 0 aromatic rings. The minimum absolute atomic E-state index is 0.0968. The van der Waals surface area contributed by atoms with Gasteiger partial charge >= 0.3 is 0 Å². The Bertz CT molecular complexity index is 461. The van der Waals surface area contributed by atoms with Gasteiger partial charge in [-0.2, -0.15) is 0 Å². The van der Waals surface area contributed by atoms with Crippen LogP contribution in [-0.4, -0.2) is 72.7 Å². The van der Waals surface area contributed by atoms with Crippen LogP contribution in [0, 0.1) is 0 Å². The highest BCUT2D eigenvalue weighted by Gasteiger charge is 2.12. The molecule has 0 aromatic heterocycles. The minimum atomic E-state index is -0.284. The van der Waals surface area contributed by atoms with E-state index >= 15 is 0 Å². The summed E-state index contributed by atoms with van der Waals surface area (Å²) in [5.41, 5.74) is 0. The second kappa shape index (κ2) is 12.7. The summed E-state index contributed by atoms with van der Waals surface area (Å²) in [7, 11) is 0. The van der Waals surface area contributed by atoms with Gasteiger partial charge in [-0.05, 0) is 18.6 Å². The van der Waals surface area contributed by atoms with Crippen LogP contribution in [0.3, 0.4) is 0 Å². The van der Waals surface area contributed by atoms with Gasteiger partial charge in [0.1, 0.15) is 0 Å². The topological polar surface area (TPSA) is 98.8 Å². The Kier molecular flexibility index (Phi) is 11.4. The molecule has 0 radical (unpaired) electrons. The lowest BCUT2D eigenvalue weighted by Gasteiger charge is -2.25. The van der Waals surface area contributed by atoms with Crippen molar-refractivity contribution in [2.24, 2.45) is 0 Å². The molecule has 8 nitrogen and oxygen atoms in total. The number of nitrogens with zero attached hydrogens (tertiary/aromatic N) is 2. The van der Waals surface area contributed by atoms with Crippen LogP contribution < -0.4 is 10.6 Å². The van der Waals surface area contributed by atoms with Crippen molar-refractivity contribution in [1.82, 2.24) is 20.4 Å². The van der Waals surface area contributed by atoms with Gasteiger partial charge in [-0.3, -0.25) is 19.2 Å². The molecule has 25 heavy (non-hydrogen) atoms. The van der Waals surface area contributed by atoms with Crippen LogP contribution in [0.2, 0.25) is 0 Å². The third kappa shape index (κ3) is 10.7. The summed E-state index contributed by atoms with van der Waals surface area (Å²) < 4.78 is 0. The number of nitrogens with one attached hydrogen (secondary N) is 2. The first-order chi connectivity index (χ1) is 11.8. The van der Waals surface area contributed by atoms with E-state index in [1.807, 2.05) is 0 Å². The smallest absolute Gasteiger partial charge is 0.243 e. The average Bonchev–Trinajstić information content (AvgIpc) is 2.57. The zero-order valence-electron chi connectivity index (χ0n) is 15.0. The zero-order chi connectivity index (χ0) is 19.2. The second-order valence-electron chi connectivity index (χ2n) is 5.36. The Balaban J connectivity index is 4.27. The van der Waals surface area contributed by atoms with E-state index in [0.29, 0.717) is 45.7 Å². The molecule has 0 saturated heterocycles. The summed E-state index contributed by atoms with van der Waals surface area (Å²) in [6.07, 6.45) is 2.95. The van der Waals surface area contributed by atoms with Gasteiger partial charge in [-0.25, -0.2) is 0 Å². The molecule has 140 valence electrons. The van der Waals surface area contributed by atoms with Crippen molar-refractivity contribution in [3.8, 4) is 0 Å². The Morgan fingerprint density at radius 3 is 1.40 bits per heavy atom. The number of hydrogen-bond acceptors (Lipinski definition) is 4. The first kappa shape index (κ1) is 22.4. The van der Waals surface area contributed by atoms with Gasteiger partial charge in [0.05, 0.1) is 0 Å². The van der Waals surface area contributed by atoms with Gasteiger partial charge < -0.3 is 20.4 Å². The van der Waals surface area contributed by atoms with Crippen LogP contribution in [0.4, 0.5) is 0 Å². The van der Waals surface area contributed by atoms with Crippen LogP contribution in [0.15, 0.2) is 25.3 Å². The minimum Gasteiger partial charge on any atom is -0.351 e. The lowest BCUT2D eigenvalue weighted by atomic mass is 10.3. The number of hydrogen-bond donors (Lipinski definition) is 2. The SMILES string of the molecule is C=CC(=O)NCCN(CCCN(CCNC(=O)C=C)C(C)=O)C(C)=O. The van der Waals surface area contributed by atoms with E-state index in [1.54, 1.807) is 9.80 Å². The molecule has 0 spiro atoms. The molecule has 0 aliphatic heterocycles. The summed E-state index contributed by atoms with van der Waals surface area (Å²) in [4.78, 5) is 48.7. The second-order valence-corrected chi connectivity index (χ2v) is 5.36. The van der Waals surface area contributed by atoms with E-state index in [4.69, 9.17) is 0 Å². The van der Waals surface area contributed by atoms with Crippen molar-refractivity contribution in [3.05, 3.63) is 25.3 Å². The number of carbonyl (C=O) groups is 4. The Labute approximate surface area is 148 Å². The van der Waals surface area contributed by atoms with Gasteiger partial charge in [0.25, 0.3) is 0 Å². The molecule has 0 heterocycles. The van der Waals surface area contributed by atoms with Gasteiger partial charge in [-0.1, -0.05) is 13.2 Å². The highest BCUT2D eigenvalue weighted by Crippen LogP contribution is 1.97. The summed E-state index contributed by atoms with van der Waals surface area (Å²) in [5, 5.41) is 5.23. The lowest BCUT2D eigenvalue weighted by Crippen LogP contribution is -2.40. The molecular formula is C17H28N4O4. The third-order valence-corrected chi connectivity index (χ3v) is 3.48. The molecule has 0 aromatic carbocycles.